The number of amides is 1. The number of benzene rings is 2. The van der Waals surface area contributed by atoms with Crippen molar-refractivity contribution in [1.82, 2.24) is 25.3 Å². The maximum Gasteiger partial charge on any atom is 0.253 e. The van der Waals surface area contributed by atoms with Crippen LogP contribution < -0.4 is 10.6 Å². The van der Waals surface area contributed by atoms with Gasteiger partial charge in [-0.2, -0.15) is 5.10 Å². The molecule has 1 heterocycles. The standard InChI is InChI=1S/C24H30N6O.HI/c1-4-25-24(26-14-19-10-12-22(13-11-19)23(31)29(2)3)27-15-21-16-28-30(18-21)17-20-8-6-5-7-9-20;/h5-13,16,18H,4,14-15,17H2,1-3H3,(H2,25,26,27);1H. The third kappa shape index (κ3) is 7.67. The first kappa shape index (κ1) is 25.4. The first-order chi connectivity index (χ1) is 15.0. The van der Waals surface area contributed by atoms with Crippen LogP contribution in [-0.4, -0.2) is 47.2 Å². The molecule has 8 heteroatoms. The zero-order valence-electron chi connectivity index (χ0n) is 18.8. The minimum absolute atomic E-state index is 0. The van der Waals surface area contributed by atoms with E-state index in [1.165, 1.54) is 5.56 Å². The number of rotatable bonds is 8. The van der Waals surface area contributed by atoms with Crippen molar-refractivity contribution in [1.29, 1.82) is 0 Å². The number of hydrogen-bond donors (Lipinski definition) is 2. The molecule has 0 saturated carbocycles. The van der Waals surface area contributed by atoms with E-state index < -0.39 is 0 Å². The van der Waals surface area contributed by atoms with Gasteiger partial charge in [-0.05, 0) is 30.2 Å². The molecule has 0 aliphatic carbocycles. The van der Waals surface area contributed by atoms with Gasteiger partial charge in [0.15, 0.2) is 5.96 Å². The summed E-state index contributed by atoms with van der Waals surface area (Å²) in [6.45, 7) is 4.72. The Labute approximate surface area is 206 Å². The van der Waals surface area contributed by atoms with E-state index in [1.807, 2.05) is 66.5 Å². The summed E-state index contributed by atoms with van der Waals surface area (Å²) in [5.74, 6) is 0.744. The van der Waals surface area contributed by atoms with Crippen molar-refractivity contribution in [2.45, 2.75) is 26.6 Å². The monoisotopic (exact) mass is 546 g/mol. The number of hydrogen-bond acceptors (Lipinski definition) is 3. The lowest BCUT2D eigenvalue weighted by molar-refractivity contribution is 0.0827. The van der Waals surface area contributed by atoms with Crippen LogP contribution in [-0.2, 0) is 19.6 Å². The highest BCUT2D eigenvalue weighted by molar-refractivity contribution is 14.0. The molecule has 7 nitrogen and oxygen atoms in total. The van der Waals surface area contributed by atoms with Crippen molar-refractivity contribution in [3.05, 3.63) is 89.2 Å². The van der Waals surface area contributed by atoms with Gasteiger partial charge >= 0.3 is 0 Å². The number of halogens is 1. The van der Waals surface area contributed by atoms with Gasteiger partial charge < -0.3 is 15.5 Å². The molecule has 0 aliphatic rings. The molecule has 3 aromatic rings. The summed E-state index contributed by atoms with van der Waals surface area (Å²) >= 11 is 0. The fraction of sp³-hybridized carbons (Fsp3) is 0.292. The van der Waals surface area contributed by atoms with E-state index in [0.29, 0.717) is 18.7 Å². The molecule has 0 spiro atoms. The lowest BCUT2D eigenvalue weighted by atomic mass is 10.1. The van der Waals surface area contributed by atoms with Crippen LogP contribution in [0.2, 0.25) is 0 Å². The smallest absolute Gasteiger partial charge is 0.253 e. The van der Waals surface area contributed by atoms with Gasteiger partial charge in [0.1, 0.15) is 0 Å². The van der Waals surface area contributed by atoms with Gasteiger partial charge in [0.05, 0.1) is 19.3 Å². The zero-order valence-corrected chi connectivity index (χ0v) is 21.1. The topological polar surface area (TPSA) is 74.5 Å². The molecule has 0 aliphatic heterocycles. The SMILES string of the molecule is CCNC(=NCc1cnn(Cc2ccccc2)c1)NCc1ccc(C(=O)N(C)C)cc1.I. The van der Waals surface area contributed by atoms with E-state index >= 15 is 0 Å². The predicted octanol–water partition coefficient (Wildman–Crippen LogP) is 3.51. The highest BCUT2D eigenvalue weighted by Crippen LogP contribution is 2.07. The van der Waals surface area contributed by atoms with Gasteiger partial charge in [0, 0.05) is 44.5 Å². The van der Waals surface area contributed by atoms with Gasteiger partial charge in [0.25, 0.3) is 5.91 Å². The van der Waals surface area contributed by atoms with Crippen LogP contribution in [0.25, 0.3) is 0 Å². The lowest BCUT2D eigenvalue weighted by Crippen LogP contribution is -2.36. The Bertz CT molecular complexity index is 999. The van der Waals surface area contributed by atoms with Gasteiger partial charge in [-0.1, -0.05) is 42.5 Å². The second kappa shape index (κ2) is 12.8. The van der Waals surface area contributed by atoms with Gasteiger partial charge in [-0.15, -0.1) is 24.0 Å². The fourth-order valence-corrected chi connectivity index (χ4v) is 3.07. The molecule has 2 aromatic carbocycles. The minimum Gasteiger partial charge on any atom is -0.357 e. The molecule has 0 atom stereocenters. The fourth-order valence-electron chi connectivity index (χ4n) is 3.07. The number of aromatic nitrogens is 2. The molecule has 32 heavy (non-hydrogen) atoms. The Morgan fingerprint density at radius 1 is 1.00 bits per heavy atom. The number of guanidine groups is 1. The first-order valence-electron chi connectivity index (χ1n) is 10.4. The normalized spacial score (nSPS) is 10.9. The van der Waals surface area contributed by atoms with Crippen LogP contribution in [0, 0.1) is 0 Å². The minimum atomic E-state index is 0. The van der Waals surface area contributed by atoms with Crippen molar-refractivity contribution >= 4 is 35.8 Å². The van der Waals surface area contributed by atoms with Gasteiger partial charge in [0.2, 0.25) is 0 Å². The Morgan fingerprint density at radius 3 is 2.38 bits per heavy atom. The van der Waals surface area contributed by atoms with E-state index in [4.69, 9.17) is 0 Å². The van der Waals surface area contributed by atoms with Crippen LogP contribution >= 0.6 is 24.0 Å². The van der Waals surface area contributed by atoms with E-state index in [0.717, 1.165) is 30.2 Å². The molecule has 3 rings (SSSR count). The second-order valence-electron chi connectivity index (χ2n) is 7.48. The molecule has 0 saturated heterocycles. The van der Waals surface area contributed by atoms with E-state index in [1.54, 1.807) is 19.0 Å². The summed E-state index contributed by atoms with van der Waals surface area (Å²) in [7, 11) is 3.50. The molecular formula is C24H31IN6O. The van der Waals surface area contributed by atoms with Crippen molar-refractivity contribution in [3.63, 3.8) is 0 Å². The van der Waals surface area contributed by atoms with Crippen LogP contribution in [0.15, 0.2) is 72.0 Å². The molecule has 0 fully saturated rings. The van der Waals surface area contributed by atoms with E-state index in [-0.39, 0.29) is 29.9 Å². The Balaban J connectivity index is 0.00000363. The van der Waals surface area contributed by atoms with Gasteiger partial charge in [-0.3, -0.25) is 9.48 Å². The number of carbonyl (C=O) groups is 1. The van der Waals surface area contributed by atoms with Crippen LogP contribution in [0.1, 0.15) is 34.0 Å². The summed E-state index contributed by atoms with van der Waals surface area (Å²) in [6.07, 6.45) is 3.89. The third-order valence-corrected chi connectivity index (χ3v) is 4.71. The number of nitrogens with one attached hydrogen (secondary N) is 2. The second-order valence-corrected chi connectivity index (χ2v) is 7.48. The highest BCUT2D eigenvalue weighted by atomic mass is 127. The van der Waals surface area contributed by atoms with Crippen molar-refractivity contribution < 1.29 is 4.79 Å². The molecule has 2 N–H and O–H groups in total. The van der Waals surface area contributed by atoms with Crippen LogP contribution in [0.4, 0.5) is 0 Å². The highest BCUT2D eigenvalue weighted by Gasteiger charge is 2.07. The van der Waals surface area contributed by atoms with E-state index in [2.05, 4.69) is 32.9 Å². The van der Waals surface area contributed by atoms with Gasteiger partial charge in [-0.25, -0.2) is 4.99 Å². The molecule has 170 valence electrons. The zero-order chi connectivity index (χ0) is 22.1. The first-order valence-corrected chi connectivity index (χ1v) is 10.4. The molecule has 0 unspecified atom stereocenters. The Morgan fingerprint density at radius 2 is 1.72 bits per heavy atom. The molecule has 1 aromatic heterocycles. The summed E-state index contributed by atoms with van der Waals surface area (Å²) < 4.78 is 1.93. The maximum absolute atomic E-state index is 12.0. The molecule has 0 radical (unpaired) electrons. The number of aliphatic imine (C=N–C) groups is 1. The Kier molecular flexibility index (Phi) is 10.2. The average Bonchev–Trinajstić information content (AvgIpc) is 3.23. The molecule has 1 amide bonds. The number of carbonyl (C=O) groups excluding carboxylic acids is 1. The summed E-state index contributed by atoms with van der Waals surface area (Å²) in [4.78, 5) is 18.2. The molecule has 0 bridgehead atoms. The lowest BCUT2D eigenvalue weighted by Gasteiger charge is -2.12. The third-order valence-electron chi connectivity index (χ3n) is 4.71. The van der Waals surface area contributed by atoms with Crippen LogP contribution in [0.5, 0.6) is 0 Å². The Hall–Kier alpha value is -2.88. The average molecular weight is 546 g/mol. The van der Waals surface area contributed by atoms with Crippen molar-refractivity contribution in [2.24, 2.45) is 4.99 Å². The van der Waals surface area contributed by atoms with Crippen molar-refractivity contribution in [3.8, 4) is 0 Å². The molecular weight excluding hydrogens is 515 g/mol. The van der Waals surface area contributed by atoms with Crippen LogP contribution in [0.3, 0.4) is 0 Å². The predicted molar refractivity (Wildman–Crippen MR) is 139 cm³/mol. The number of nitrogens with zero attached hydrogens (tertiary/aromatic N) is 4. The van der Waals surface area contributed by atoms with E-state index in [9.17, 15) is 4.79 Å². The quantitative estimate of drug-likeness (QED) is 0.258. The summed E-state index contributed by atoms with van der Waals surface area (Å²) in [6, 6.07) is 17.9. The maximum atomic E-state index is 12.0. The van der Waals surface area contributed by atoms with Crippen molar-refractivity contribution in [2.75, 3.05) is 20.6 Å². The summed E-state index contributed by atoms with van der Waals surface area (Å²) in [5.41, 5.74) is 4.03. The largest absolute Gasteiger partial charge is 0.357 e. The summed E-state index contributed by atoms with van der Waals surface area (Å²) in [5, 5.41) is 11.0.